The number of hydrogen-bond donors (Lipinski definition) is 0. The van der Waals surface area contributed by atoms with Gasteiger partial charge in [0.15, 0.2) is 5.78 Å². The Hall–Kier alpha value is -0.0300. The van der Waals surface area contributed by atoms with Crippen LogP contribution in [0, 0.1) is 0 Å². The van der Waals surface area contributed by atoms with Crippen LogP contribution in [-0.2, 0) is 32.0 Å². The van der Waals surface area contributed by atoms with E-state index in [4.69, 9.17) is 18.1 Å². The van der Waals surface area contributed by atoms with Gasteiger partial charge in [-0.15, -0.1) is 0 Å². The maximum Gasteiger partial charge on any atom is 0.338 e. The maximum absolute atomic E-state index is 12.2. The Morgan fingerprint density at radius 2 is 0.950 bits per heavy atom. The van der Waals surface area contributed by atoms with Gasteiger partial charge in [-0.2, -0.15) is 0 Å². The first-order chi connectivity index (χ1) is 9.34. The zero-order chi connectivity index (χ0) is 15.6. The fourth-order valence-electron chi connectivity index (χ4n) is 1.53. The molecule has 9 heteroatoms. The van der Waals surface area contributed by atoms with Crippen LogP contribution in [0.5, 0.6) is 0 Å². The summed E-state index contributed by atoms with van der Waals surface area (Å²) in [5.41, 5.74) is 0. The van der Waals surface area contributed by atoms with Crippen LogP contribution in [0.25, 0.3) is 0 Å². The first-order valence-corrected chi connectivity index (χ1v) is 10.1. The van der Waals surface area contributed by atoms with Crippen LogP contribution < -0.4 is 0 Å². The van der Waals surface area contributed by atoms with E-state index < -0.39 is 33.3 Å². The van der Waals surface area contributed by atoms with Gasteiger partial charge in [0.2, 0.25) is 0 Å². The average Bonchev–Trinajstić information content (AvgIpc) is 2.28. The fraction of sp³-hybridized carbons (Fsp3) is 0.909. The summed E-state index contributed by atoms with van der Waals surface area (Å²) in [4.78, 5) is 11.9. The first-order valence-electron chi connectivity index (χ1n) is 6.62. The summed E-state index contributed by atoms with van der Waals surface area (Å²) in [6.45, 7) is 7.28. The van der Waals surface area contributed by atoms with Gasteiger partial charge in [-0.1, -0.05) is 0 Å². The molecule has 0 fully saturated rings. The van der Waals surface area contributed by atoms with E-state index in [-0.39, 0.29) is 26.4 Å². The molecule has 0 saturated heterocycles. The van der Waals surface area contributed by atoms with Crippen LogP contribution in [0.2, 0.25) is 0 Å². The van der Waals surface area contributed by atoms with Crippen molar-refractivity contribution in [2.75, 3.05) is 38.8 Å². The van der Waals surface area contributed by atoms with Crippen molar-refractivity contribution >= 4 is 21.0 Å². The van der Waals surface area contributed by atoms with Crippen molar-refractivity contribution < 1.29 is 32.0 Å². The Labute approximate surface area is 120 Å². The molecule has 0 N–H and O–H groups in total. The van der Waals surface area contributed by atoms with Gasteiger partial charge in [0, 0.05) is 0 Å². The molecule has 0 aliphatic carbocycles. The lowest BCUT2D eigenvalue weighted by Gasteiger charge is -2.19. The molecular weight excluding hydrogens is 306 g/mol. The third kappa shape index (κ3) is 7.67. The SMILES string of the molecule is CCOP(=O)(CC(=O)CP(=O)(OCC)OCC)OCC. The topological polar surface area (TPSA) is 88.1 Å². The smallest absolute Gasteiger partial charge is 0.309 e. The molecule has 0 aliphatic rings. The summed E-state index contributed by atoms with van der Waals surface area (Å²) in [6.07, 6.45) is -0.863. The summed E-state index contributed by atoms with van der Waals surface area (Å²) >= 11 is 0. The molecule has 0 spiro atoms. The van der Waals surface area contributed by atoms with E-state index >= 15 is 0 Å². The Kier molecular flexibility index (Phi) is 9.81. The first kappa shape index (κ1) is 20.0. The van der Waals surface area contributed by atoms with Crippen LogP contribution in [-0.4, -0.2) is 44.5 Å². The minimum atomic E-state index is -3.48. The molecule has 7 nitrogen and oxygen atoms in total. The van der Waals surface area contributed by atoms with Crippen LogP contribution in [0.4, 0.5) is 0 Å². The van der Waals surface area contributed by atoms with Crippen LogP contribution in [0.1, 0.15) is 27.7 Å². The van der Waals surface area contributed by atoms with E-state index in [1.54, 1.807) is 27.7 Å². The number of carbonyl (C=O) groups is 1. The highest BCUT2D eigenvalue weighted by Crippen LogP contribution is 2.51. The average molecular weight is 330 g/mol. The van der Waals surface area contributed by atoms with E-state index in [1.165, 1.54) is 0 Å². The van der Waals surface area contributed by atoms with Crippen molar-refractivity contribution in [1.29, 1.82) is 0 Å². The molecule has 0 aliphatic heterocycles. The lowest BCUT2D eigenvalue weighted by molar-refractivity contribution is -0.114. The maximum atomic E-state index is 12.2. The molecule has 120 valence electrons. The largest absolute Gasteiger partial charge is 0.338 e. The second-order valence-electron chi connectivity index (χ2n) is 3.75. The van der Waals surface area contributed by atoms with Crippen molar-refractivity contribution in [2.45, 2.75) is 27.7 Å². The van der Waals surface area contributed by atoms with Crippen molar-refractivity contribution in [1.82, 2.24) is 0 Å². The molecule has 0 unspecified atom stereocenters. The summed E-state index contributed by atoms with van der Waals surface area (Å²) in [7, 11) is -6.96. The number of hydrogen-bond acceptors (Lipinski definition) is 7. The lowest BCUT2D eigenvalue weighted by Crippen LogP contribution is -2.16. The standard InChI is InChI=1S/C11H24O7P2/c1-5-15-19(13,16-6-2)9-11(12)10-20(14,17-7-3)18-8-4/h5-10H2,1-4H3. The molecular formula is C11H24O7P2. The molecule has 0 amide bonds. The quantitative estimate of drug-likeness (QED) is 0.508. The molecule has 0 aromatic rings. The van der Waals surface area contributed by atoms with E-state index in [0.29, 0.717) is 0 Å². The van der Waals surface area contributed by atoms with Gasteiger partial charge in [0.25, 0.3) is 0 Å². The molecule has 0 bridgehead atoms. The third-order valence-electron chi connectivity index (χ3n) is 2.04. The molecule has 0 heterocycles. The zero-order valence-electron chi connectivity index (χ0n) is 12.5. The van der Waals surface area contributed by atoms with Gasteiger partial charge in [-0.25, -0.2) is 0 Å². The molecule has 20 heavy (non-hydrogen) atoms. The van der Waals surface area contributed by atoms with E-state index in [1.807, 2.05) is 0 Å². The Morgan fingerprint density at radius 1 is 0.700 bits per heavy atom. The fourth-order valence-corrected chi connectivity index (χ4v) is 4.88. The highest BCUT2D eigenvalue weighted by Gasteiger charge is 2.33. The number of Topliss-reactive ketones (excluding diaryl/α,β-unsaturated/α-hetero) is 1. The van der Waals surface area contributed by atoms with Crippen molar-refractivity contribution in [3.8, 4) is 0 Å². The number of ketones is 1. The third-order valence-corrected chi connectivity index (χ3v) is 6.13. The predicted octanol–water partition coefficient (Wildman–Crippen LogP) is 3.09. The monoisotopic (exact) mass is 330 g/mol. The molecule has 0 radical (unpaired) electrons. The van der Waals surface area contributed by atoms with Crippen LogP contribution in [0.3, 0.4) is 0 Å². The normalized spacial score (nSPS) is 12.6. The molecule has 0 saturated carbocycles. The molecule has 0 rings (SSSR count). The van der Waals surface area contributed by atoms with Crippen molar-refractivity contribution in [3.63, 3.8) is 0 Å². The highest BCUT2D eigenvalue weighted by atomic mass is 31.2. The molecule has 0 aromatic heterocycles. The van der Waals surface area contributed by atoms with Gasteiger partial charge in [-0.05, 0) is 27.7 Å². The summed E-state index contributed by atoms with van der Waals surface area (Å²) in [5, 5.41) is 0. The molecule has 0 aromatic carbocycles. The number of carbonyl (C=O) groups excluding carboxylic acids is 1. The Morgan fingerprint density at radius 3 is 1.15 bits per heavy atom. The van der Waals surface area contributed by atoms with E-state index in [2.05, 4.69) is 0 Å². The van der Waals surface area contributed by atoms with Crippen LogP contribution in [0.15, 0.2) is 0 Å². The van der Waals surface area contributed by atoms with Gasteiger partial charge in [0.1, 0.15) is 12.3 Å². The van der Waals surface area contributed by atoms with E-state index in [9.17, 15) is 13.9 Å². The minimum absolute atomic E-state index is 0.166. The van der Waals surface area contributed by atoms with Gasteiger partial charge >= 0.3 is 15.2 Å². The molecule has 0 atom stereocenters. The van der Waals surface area contributed by atoms with Crippen molar-refractivity contribution in [2.24, 2.45) is 0 Å². The van der Waals surface area contributed by atoms with E-state index in [0.717, 1.165) is 0 Å². The Bertz CT molecular complexity index is 329. The summed E-state index contributed by atoms with van der Waals surface area (Å²) in [5.74, 6) is -0.527. The summed E-state index contributed by atoms with van der Waals surface area (Å²) < 4.78 is 44.4. The highest BCUT2D eigenvalue weighted by molar-refractivity contribution is 7.57. The minimum Gasteiger partial charge on any atom is -0.309 e. The zero-order valence-corrected chi connectivity index (χ0v) is 14.3. The lowest BCUT2D eigenvalue weighted by atomic mass is 10.5. The summed E-state index contributed by atoms with van der Waals surface area (Å²) in [6, 6.07) is 0. The van der Waals surface area contributed by atoms with Gasteiger partial charge in [0.05, 0.1) is 26.4 Å². The van der Waals surface area contributed by atoms with Crippen molar-refractivity contribution in [3.05, 3.63) is 0 Å². The van der Waals surface area contributed by atoms with Gasteiger partial charge < -0.3 is 18.1 Å². The Balaban J connectivity index is 4.72. The number of rotatable bonds is 12. The predicted molar refractivity (Wildman–Crippen MR) is 76.5 cm³/mol. The second-order valence-corrected chi connectivity index (χ2v) is 7.86. The van der Waals surface area contributed by atoms with Crippen LogP contribution >= 0.6 is 15.2 Å². The van der Waals surface area contributed by atoms with Gasteiger partial charge in [-0.3, -0.25) is 13.9 Å². The second kappa shape index (κ2) is 9.82.